The van der Waals surface area contributed by atoms with Crippen LogP contribution in [0.1, 0.15) is 31.9 Å². The molecule has 0 spiro atoms. The lowest BCUT2D eigenvalue weighted by Crippen LogP contribution is -2.62. The number of piperidine rings is 1. The summed E-state index contributed by atoms with van der Waals surface area (Å²) in [5, 5.41) is 9.62. The van der Waals surface area contributed by atoms with E-state index in [1.54, 1.807) is 29.7 Å². The Morgan fingerprint density at radius 2 is 2.00 bits per heavy atom. The molecule has 1 aromatic heterocycles. The summed E-state index contributed by atoms with van der Waals surface area (Å²) < 4.78 is 6.88. The maximum absolute atomic E-state index is 13.2. The molecule has 35 heavy (non-hydrogen) atoms. The fourth-order valence-corrected chi connectivity index (χ4v) is 5.93. The van der Waals surface area contributed by atoms with Gasteiger partial charge in [-0.1, -0.05) is 30.3 Å². The highest BCUT2D eigenvalue weighted by atomic mass is 16.4. The predicted octanol–water partition coefficient (Wildman–Crippen LogP) is 2.09. The van der Waals surface area contributed by atoms with Crippen molar-refractivity contribution in [2.75, 3.05) is 31.5 Å². The SMILES string of the molecule is CCn1c(=O)oc2cc(NC(=O)CN3C[C@]4(NC(C)=O)CNCC[C@@H]4[C@H]3c3ccccc3)ccc21. The lowest BCUT2D eigenvalue weighted by atomic mass is 9.76. The molecule has 0 unspecified atom stereocenters. The van der Waals surface area contributed by atoms with Crippen molar-refractivity contribution in [2.45, 2.75) is 38.4 Å². The van der Waals surface area contributed by atoms with Gasteiger partial charge in [-0.3, -0.25) is 19.1 Å². The van der Waals surface area contributed by atoms with E-state index in [4.69, 9.17) is 4.42 Å². The van der Waals surface area contributed by atoms with Crippen LogP contribution in [0, 0.1) is 5.92 Å². The second-order valence-corrected chi connectivity index (χ2v) is 9.51. The summed E-state index contributed by atoms with van der Waals surface area (Å²) in [5.41, 5.74) is 2.43. The van der Waals surface area contributed by atoms with E-state index < -0.39 is 11.3 Å². The van der Waals surface area contributed by atoms with Gasteiger partial charge >= 0.3 is 5.76 Å². The fraction of sp³-hybridized carbons (Fsp3) is 0.423. The number of anilines is 1. The number of aromatic nitrogens is 1. The third-order valence-corrected chi connectivity index (χ3v) is 7.22. The Labute approximate surface area is 203 Å². The molecule has 9 heteroatoms. The number of rotatable bonds is 6. The van der Waals surface area contributed by atoms with Crippen molar-refractivity contribution in [1.29, 1.82) is 0 Å². The van der Waals surface area contributed by atoms with E-state index in [1.165, 1.54) is 0 Å². The van der Waals surface area contributed by atoms with Crippen LogP contribution in [0.4, 0.5) is 5.69 Å². The Bertz CT molecular complexity index is 1300. The maximum Gasteiger partial charge on any atom is 0.419 e. The number of oxazole rings is 1. The van der Waals surface area contributed by atoms with Crippen LogP contribution in [-0.4, -0.2) is 53.0 Å². The van der Waals surface area contributed by atoms with Crippen molar-refractivity contribution in [2.24, 2.45) is 5.92 Å². The van der Waals surface area contributed by atoms with E-state index in [0.29, 0.717) is 36.4 Å². The Balaban J connectivity index is 1.40. The number of nitrogens with one attached hydrogen (secondary N) is 3. The third-order valence-electron chi connectivity index (χ3n) is 7.22. The molecule has 2 amide bonds. The first-order valence-corrected chi connectivity index (χ1v) is 12.1. The van der Waals surface area contributed by atoms with Crippen molar-refractivity contribution in [1.82, 2.24) is 20.1 Å². The average molecular weight is 478 g/mol. The molecule has 184 valence electrons. The smallest absolute Gasteiger partial charge is 0.408 e. The molecular weight excluding hydrogens is 446 g/mol. The first-order valence-electron chi connectivity index (χ1n) is 12.1. The number of amides is 2. The van der Waals surface area contributed by atoms with Crippen LogP contribution in [-0.2, 0) is 16.1 Å². The summed E-state index contributed by atoms with van der Waals surface area (Å²) in [7, 11) is 0. The Kier molecular flexibility index (Phi) is 6.21. The number of hydrogen-bond donors (Lipinski definition) is 3. The number of hydrogen-bond acceptors (Lipinski definition) is 6. The van der Waals surface area contributed by atoms with Gasteiger partial charge in [0.1, 0.15) is 0 Å². The summed E-state index contributed by atoms with van der Waals surface area (Å²) in [6.45, 7) is 6.24. The van der Waals surface area contributed by atoms with Crippen molar-refractivity contribution in [3.63, 3.8) is 0 Å². The van der Waals surface area contributed by atoms with Crippen LogP contribution in [0.5, 0.6) is 0 Å². The number of fused-ring (bicyclic) bond motifs is 2. The number of nitrogens with zero attached hydrogens (tertiary/aromatic N) is 2. The fourth-order valence-electron chi connectivity index (χ4n) is 5.93. The number of carbonyl (C=O) groups is 2. The first-order chi connectivity index (χ1) is 16.9. The quantitative estimate of drug-likeness (QED) is 0.502. The molecular formula is C26H31N5O4. The zero-order valence-corrected chi connectivity index (χ0v) is 20.0. The molecule has 3 atom stereocenters. The normalized spacial score (nSPS) is 24.3. The van der Waals surface area contributed by atoms with Gasteiger partial charge in [0.25, 0.3) is 0 Å². The highest BCUT2D eigenvalue weighted by Gasteiger charge is 2.54. The molecule has 3 heterocycles. The van der Waals surface area contributed by atoms with Gasteiger partial charge in [-0.15, -0.1) is 0 Å². The molecule has 9 nitrogen and oxygen atoms in total. The first kappa shape index (κ1) is 23.3. The van der Waals surface area contributed by atoms with Gasteiger partial charge in [-0.25, -0.2) is 4.79 Å². The minimum Gasteiger partial charge on any atom is -0.408 e. The van der Waals surface area contributed by atoms with Crippen LogP contribution in [0.3, 0.4) is 0 Å². The van der Waals surface area contributed by atoms with Crippen LogP contribution in [0.25, 0.3) is 11.1 Å². The van der Waals surface area contributed by atoms with E-state index in [-0.39, 0.29) is 30.3 Å². The number of carbonyl (C=O) groups excluding carboxylic acids is 2. The Morgan fingerprint density at radius 1 is 1.20 bits per heavy atom. The van der Waals surface area contributed by atoms with Gasteiger partial charge in [-0.2, -0.15) is 0 Å². The Hall–Kier alpha value is -3.43. The van der Waals surface area contributed by atoms with E-state index in [1.807, 2.05) is 25.1 Å². The van der Waals surface area contributed by atoms with Crippen molar-refractivity contribution < 1.29 is 14.0 Å². The molecule has 0 bridgehead atoms. The average Bonchev–Trinajstić information content (AvgIpc) is 3.31. The van der Waals surface area contributed by atoms with Crippen LogP contribution < -0.4 is 21.7 Å². The van der Waals surface area contributed by atoms with Gasteiger partial charge in [-0.05, 0) is 37.6 Å². The van der Waals surface area contributed by atoms with E-state index in [2.05, 4.69) is 33.0 Å². The van der Waals surface area contributed by atoms with Crippen molar-refractivity contribution in [3.05, 3.63) is 64.6 Å². The molecule has 0 radical (unpaired) electrons. The predicted molar refractivity (Wildman–Crippen MR) is 133 cm³/mol. The number of aryl methyl sites for hydroxylation is 1. The molecule has 3 aromatic rings. The summed E-state index contributed by atoms with van der Waals surface area (Å²) in [6.07, 6.45) is 0.905. The molecule has 3 N–H and O–H groups in total. The topological polar surface area (TPSA) is 109 Å². The van der Waals surface area contributed by atoms with Crippen LogP contribution >= 0.6 is 0 Å². The summed E-state index contributed by atoms with van der Waals surface area (Å²) in [6, 6.07) is 15.5. The number of likely N-dealkylation sites (tertiary alicyclic amines) is 1. The number of benzene rings is 2. The minimum atomic E-state index is -0.434. The van der Waals surface area contributed by atoms with E-state index in [0.717, 1.165) is 18.5 Å². The van der Waals surface area contributed by atoms with Gasteiger partial charge in [0, 0.05) is 50.3 Å². The molecule has 2 aromatic carbocycles. The van der Waals surface area contributed by atoms with Gasteiger partial charge in [0.15, 0.2) is 5.58 Å². The molecule has 2 saturated heterocycles. The second kappa shape index (κ2) is 9.31. The monoisotopic (exact) mass is 477 g/mol. The van der Waals surface area contributed by atoms with Crippen molar-refractivity contribution in [3.8, 4) is 0 Å². The maximum atomic E-state index is 13.2. The summed E-state index contributed by atoms with van der Waals surface area (Å²) >= 11 is 0. The van der Waals surface area contributed by atoms with Gasteiger partial charge in [0.2, 0.25) is 11.8 Å². The highest BCUT2D eigenvalue weighted by molar-refractivity contribution is 5.94. The van der Waals surface area contributed by atoms with E-state index in [9.17, 15) is 14.4 Å². The molecule has 0 saturated carbocycles. The van der Waals surface area contributed by atoms with Gasteiger partial charge in [0.05, 0.1) is 17.6 Å². The largest absolute Gasteiger partial charge is 0.419 e. The molecule has 2 aliphatic heterocycles. The second-order valence-electron chi connectivity index (χ2n) is 9.51. The lowest BCUT2D eigenvalue weighted by Gasteiger charge is -2.41. The van der Waals surface area contributed by atoms with Crippen LogP contribution in [0.15, 0.2) is 57.7 Å². The Morgan fingerprint density at radius 3 is 2.74 bits per heavy atom. The summed E-state index contributed by atoms with van der Waals surface area (Å²) in [4.78, 5) is 39.5. The highest BCUT2D eigenvalue weighted by Crippen LogP contribution is 2.46. The zero-order chi connectivity index (χ0) is 24.6. The zero-order valence-electron chi connectivity index (χ0n) is 20.0. The van der Waals surface area contributed by atoms with E-state index >= 15 is 0 Å². The molecule has 2 aliphatic rings. The lowest BCUT2D eigenvalue weighted by molar-refractivity contribution is -0.121. The molecule has 0 aliphatic carbocycles. The van der Waals surface area contributed by atoms with Crippen molar-refractivity contribution >= 4 is 28.6 Å². The minimum absolute atomic E-state index is 0.00925. The van der Waals surface area contributed by atoms with Crippen LogP contribution in [0.2, 0.25) is 0 Å². The third kappa shape index (κ3) is 4.37. The summed E-state index contributed by atoms with van der Waals surface area (Å²) in [5.74, 6) is -0.451. The molecule has 2 fully saturated rings. The standard InChI is InChI=1S/C26H31N5O4/c1-3-31-21-10-9-19(13-22(21)35-25(31)34)28-23(33)14-30-16-26(29-17(2)32)15-27-12-11-20(26)24(30)18-7-5-4-6-8-18/h4-10,13,20,24,27H,3,11-12,14-16H2,1-2H3,(H,28,33)(H,29,32)/t20-,24-,26-/m1/s1. The van der Waals surface area contributed by atoms with Gasteiger partial charge < -0.3 is 20.4 Å². The molecule has 5 rings (SSSR count).